The number of aryl methyl sites for hydroxylation is 1. The fourth-order valence-electron chi connectivity index (χ4n) is 5.01. The minimum atomic E-state index is -0.882. The standard InChI is InChI=1S/C25H27N5O3/c26-25(5-6-25)12-20-22(24(31)32)17-3-1-15-13-27-19(11-18(15)23(17)29-20)16-2-4-21(28-14-16)30-7-9-33-10-8-30/h2,4,11,13-14,29H,1,3,5-10,12,26H2,(H,31,32). The number of aromatic amines is 1. The highest BCUT2D eigenvalue weighted by atomic mass is 16.5. The number of hydrogen-bond acceptors (Lipinski definition) is 6. The molecule has 2 fully saturated rings. The Morgan fingerprint density at radius 1 is 1.18 bits per heavy atom. The summed E-state index contributed by atoms with van der Waals surface area (Å²) in [6.07, 6.45) is 7.68. The fourth-order valence-corrected chi connectivity index (χ4v) is 5.01. The van der Waals surface area contributed by atoms with Gasteiger partial charge in [0.1, 0.15) is 5.82 Å². The number of fused-ring (bicyclic) bond motifs is 3. The molecular formula is C25H27N5O3. The lowest BCUT2D eigenvalue weighted by Crippen LogP contribution is -2.36. The van der Waals surface area contributed by atoms with E-state index >= 15 is 0 Å². The number of nitrogens with two attached hydrogens (primary N) is 1. The Hall–Kier alpha value is -3.23. The normalized spacial score (nSPS) is 18.5. The molecule has 4 heterocycles. The van der Waals surface area contributed by atoms with Crippen LogP contribution >= 0.6 is 0 Å². The number of H-pyrrole nitrogens is 1. The van der Waals surface area contributed by atoms with Crippen LogP contribution < -0.4 is 10.6 Å². The number of aromatic carboxylic acids is 1. The van der Waals surface area contributed by atoms with Gasteiger partial charge in [0, 0.05) is 54.3 Å². The van der Waals surface area contributed by atoms with Gasteiger partial charge in [0.2, 0.25) is 0 Å². The smallest absolute Gasteiger partial charge is 0.337 e. The van der Waals surface area contributed by atoms with Crippen LogP contribution in [0.1, 0.15) is 40.0 Å². The van der Waals surface area contributed by atoms with Crippen LogP contribution in [0.25, 0.3) is 22.5 Å². The Kier molecular flexibility index (Phi) is 4.74. The van der Waals surface area contributed by atoms with Crippen molar-refractivity contribution in [2.24, 2.45) is 5.73 Å². The summed E-state index contributed by atoms with van der Waals surface area (Å²) in [6, 6.07) is 6.13. The van der Waals surface area contributed by atoms with Crippen LogP contribution in [0.5, 0.6) is 0 Å². The number of ether oxygens (including phenoxy) is 1. The van der Waals surface area contributed by atoms with Gasteiger partial charge in [-0.3, -0.25) is 4.98 Å². The van der Waals surface area contributed by atoms with Gasteiger partial charge in [-0.05, 0) is 55.0 Å². The molecule has 0 unspecified atom stereocenters. The summed E-state index contributed by atoms with van der Waals surface area (Å²) in [6.45, 7) is 3.13. The lowest BCUT2D eigenvalue weighted by Gasteiger charge is -2.27. The highest BCUT2D eigenvalue weighted by Crippen LogP contribution is 2.41. The van der Waals surface area contributed by atoms with Gasteiger partial charge in [-0.25, -0.2) is 9.78 Å². The van der Waals surface area contributed by atoms with E-state index in [1.165, 1.54) is 0 Å². The summed E-state index contributed by atoms with van der Waals surface area (Å²) < 4.78 is 5.42. The van der Waals surface area contributed by atoms with E-state index in [0.717, 1.165) is 90.7 Å². The number of hydrogen-bond donors (Lipinski definition) is 3. The molecule has 1 saturated carbocycles. The van der Waals surface area contributed by atoms with Gasteiger partial charge in [0.15, 0.2) is 0 Å². The first-order chi connectivity index (χ1) is 16.0. The first-order valence-corrected chi connectivity index (χ1v) is 11.6. The average Bonchev–Trinajstić information content (AvgIpc) is 3.44. The number of rotatable bonds is 5. The van der Waals surface area contributed by atoms with Crippen molar-refractivity contribution in [3.05, 3.63) is 53.0 Å². The lowest BCUT2D eigenvalue weighted by atomic mass is 9.88. The fraction of sp³-hybridized carbons (Fsp3) is 0.400. The van der Waals surface area contributed by atoms with Crippen LogP contribution in [0.15, 0.2) is 30.6 Å². The van der Waals surface area contributed by atoms with E-state index < -0.39 is 5.97 Å². The number of morpholine rings is 1. The SMILES string of the molecule is NC1(Cc2[nH]c3c(c2C(=O)O)CCc2cnc(-c4ccc(N5CCOCC5)nc4)cc2-3)CC1. The molecular weight excluding hydrogens is 418 g/mol. The van der Waals surface area contributed by atoms with Gasteiger partial charge in [-0.15, -0.1) is 0 Å². The van der Waals surface area contributed by atoms with Gasteiger partial charge in [-0.2, -0.15) is 0 Å². The average molecular weight is 446 g/mol. The van der Waals surface area contributed by atoms with E-state index in [0.29, 0.717) is 18.4 Å². The Labute approximate surface area is 191 Å². The molecule has 0 radical (unpaired) electrons. The van der Waals surface area contributed by atoms with E-state index in [-0.39, 0.29) is 5.54 Å². The molecule has 3 aromatic heterocycles. The predicted molar refractivity (Wildman–Crippen MR) is 125 cm³/mol. The molecule has 0 aromatic carbocycles. The Bertz CT molecular complexity index is 1220. The van der Waals surface area contributed by atoms with Crippen LogP contribution in [0.2, 0.25) is 0 Å². The van der Waals surface area contributed by atoms with Crippen LogP contribution in [0.4, 0.5) is 5.82 Å². The molecule has 3 aromatic rings. The summed E-state index contributed by atoms with van der Waals surface area (Å²) >= 11 is 0. The molecule has 0 amide bonds. The van der Waals surface area contributed by atoms with E-state index in [2.05, 4.69) is 25.9 Å². The van der Waals surface area contributed by atoms with Crippen molar-refractivity contribution in [3.63, 3.8) is 0 Å². The third-order valence-electron chi connectivity index (χ3n) is 7.10. The van der Waals surface area contributed by atoms with Gasteiger partial charge in [-0.1, -0.05) is 0 Å². The Balaban J connectivity index is 1.35. The van der Waals surface area contributed by atoms with E-state index in [9.17, 15) is 9.90 Å². The second-order valence-corrected chi connectivity index (χ2v) is 9.41. The number of anilines is 1. The van der Waals surface area contributed by atoms with Crippen LogP contribution in [0, 0.1) is 0 Å². The van der Waals surface area contributed by atoms with Crippen molar-refractivity contribution < 1.29 is 14.6 Å². The van der Waals surface area contributed by atoms with Crippen LogP contribution in [-0.2, 0) is 24.0 Å². The van der Waals surface area contributed by atoms with Crippen molar-refractivity contribution in [2.75, 3.05) is 31.2 Å². The molecule has 8 nitrogen and oxygen atoms in total. The molecule has 170 valence electrons. The molecule has 8 heteroatoms. The Morgan fingerprint density at radius 2 is 2.00 bits per heavy atom. The van der Waals surface area contributed by atoms with Gasteiger partial charge >= 0.3 is 5.97 Å². The zero-order chi connectivity index (χ0) is 22.6. The maximum atomic E-state index is 12.1. The number of nitrogens with one attached hydrogen (secondary N) is 1. The molecule has 33 heavy (non-hydrogen) atoms. The summed E-state index contributed by atoms with van der Waals surface area (Å²) in [5.41, 5.74) is 12.9. The number of pyridine rings is 2. The zero-order valence-electron chi connectivity index (χ0n) is 18.4. The van der Waals surface area contributed by atoms with E-state index in [4.69, 9.17) is 10.5 Å². The quantitative estimate of drug-likeness (QED) is 0.553. The zero-order valence-corrected chi connectivity index (χ0v) is 18.4. The molecule has 0 bridgehead atoms. The number of carboxylic acid groups (broad SMARTS) is 1. The van der Waals surface area contributed by atoms with Gasteiger partial charge in [0.25, 0.3) is 0 Å². The summed E-state index contributed by atoms with van der Waals surface area (Å²) in [5.74, 6) is 0.0607. The molecule has 4 N–H and O–H groups in total. The highest BCUT2D eigenvalue weighted by molar-refractivity contribution is 5.95. The second kappa shape index (κ2) is 7.67. The number of aromatic nitrogens is 3. The second-order valence-electron chi connectivity index (χ2n) is 9.41. The largest absolute Gasteiger partial charge is 0.478 e. The summed E-state index contributed by atoms with van der Waals surface area (Å²) in [5, 5.41) is 9.95. The summed E-state index contributed by atoms with van der Waals surface area (Å²) in [7, 11) is 0. The van der Waals surface area contributed by atoms with Crippen molar-refractivity contribution in [2.45, 2.75) is 37.6 Å². The Morgan fingerprint density at radius 3 is 2.70 bits per heavy atom. The number of carboxylic acids is 1. The maximum Gasteiger partial charge on any atom is 0.337 e. The van der Waals surface area contributed by atoms with Crippen molar-refractivity contribution in [1.82, 2.24) is 15.0 Å². The monoisotopic (exact) mass is 445 g/mol. The predicted octanol–water partition coefficient (Wildman–Crippen LogP) is 2.81. The molecule has 6 rings (SSSR count). The molecule has 0 atom stereocenters. The molecule has 2 aliphatic carbocycles. The first-order valence-electron chi connectivity index (χ1n) is 11.6. The van der Waals surface area contributed by atoms with Crippen molar-refractivity contribution in [1.29, 1.82) is 0 Å². The van der Waals surface area contributed by atoms with Crippen LogP contribution in [-0.4, -0.2) is 57.9 Å². The summed E-state index contributed by atoms with van der Waals surface area (Å²) in [4.78, 5) is 27.1. The van der Waals surface area contributed by atoms with Crippen LogP contribution in [0.3, 0.4) is 0 Å². The molecule has 0 spiro atoms. The van der Waals surface area contributed by atoms with Gasteiger partial charge < -0.3 is 25.5 Å². The third-order valence-corrected chi connectivity index (χ3v) is 7.10. The lowest BCUT2D eigenvalue weighted by molar-refractivity contribution is 0.0694. The topological polar surface area (TPSA) is 117 Å². The molecule has 1 aliphatic heterocycles. The number of carbonyl (C=O) groups is 1. The van der Waals surface area contributed by atoms with E-state index in [1.54, 1.807) is 0 Å². The number of nitrogens with zero attached hydrogens (tertiary/aromatic N) is 3. The molecule has 3 aliphatic rings. The molecule has 1 saturated heterocycles. The van der Waals surface area contributed by atoms with Crippen molar-refractivity contribution in [3.8, 4) is 22.5 Å². The first kappa shape index (κ1) is 20.4. The van der Waals surface area contributed by atoms with Crippen molar-refractivity contribution >= 4 is 11.8 Å². The minimum absolute atomic E-state index is 0.266. The minimum Gasteiger partial charge on any atom is -0.478 e. The van der Waals surface area contributed by atoms with Gasteiger partial charge in [0.05, 0.1) is 30.2 Å². The third kappa shape index (κ3) is 3.69. The van der Waals surface area contributed by atoms with E-state index in [1.807, 2.05) is 24.5 Å². The highest BCUT2D eigenvalue weighted by Gasteiger charge is 2.40. The maximum absolute atomic E-state index is 12.1.